The largest absolute Gasteiger partial charge is 0.493 e. The van der Waals surface area contributed by atoms with Crippen molar-refractivity contribution in [1.29, 1.82) is 0 Å². The summed E-state index contributed by atoms with van der Waals surface area (Å²) in [4.78, 5) is 23.2. The number of nitrogens with zero attached hydrogens (tertiary/aromatic N) is 2. The molecule has 3 aromatic rings. The molecule has 0 bridgehead atoms. The van der Waals surface area contributed by atoms with Crippen molar-refractivity contribution in [2.45, 2.75) is 12.6 Å². The molecule has 9 heteroatoms. The van der Waals surface area contributed by atoms with Gasteiger partial charge in [0.25, 0.3) is 5.56 Å². The van der Waals surface area contributed by atoms with E-state index >= 15 is 0 Å². The third-order valence-corrected chi connectivity index (χ3v) is 5.84. The second kappa shape index (κ2) is 11.8. The summed E-state index contributed by atoms with van der Waals surface area (Å²) in [5.74, 6) is 1.73. The van der Waals surface area contributed by atoms with Crippen LogP contribution in [0.1, 0.15) is 5.82 Å². The molecule has 0 fully saturated rings. The van der Waals surface area contributed by atoms with Crippen LogP contribution in [0.15, 0.2) is 53.7 Å². The van der Waals surface area contributed by atoms with E-state index in [0.717, 1.165) is 11.1 Å². The van der Waals surface area contributed by atoms with Crippen LogP contribution < -0.4 is 15.0 Å². The van der Waals surface area contributed by atoms with Crippen LogP contribution in [0.25, 0.3) is 21.3 Å². The second-order valence-electron chi connectivity index (χ2n) is 7.37. The average Bonchev–Trinajstić information content (AvgIpc) is 3.23. The van der Waals surface area contributed by atoms with Gasteiger partial charge >= 0.3 is 0 Å². The van der Waals surface area contributed by atoms with Gasteiger partial charge in [0.05, 0.1) is 45.5 Å². The number of fused-ring (bicyclic) bond motifs is 1. The standard InChI is InChI=1S/C24H29N3O5S/c1-5-9-27(12-17(28)14-32-10-6-2)13-21-25-23(29)22-18(15-33-24(22)26-21)16-7-8-19(30-3)20(11-16)31-4/h5-8,11,15,17,28H,1-2,9-10,12-14H2,3-4H3,(H,25,26,29)/t17-/m0/s1. The second-order valence-corrected chi connectivity index (χ2v) is 8.23. The molecular formula is C24H29N3O5S. The maximum Gasteiger partial charge on any atom is 0.260 e. The van der Waals surface area contributed by atoms with Crippen LogP contribution in [-0.2, 0) is 11.3 Å². The van der Waals surface area contributed by atoms with Crippen LogP contribution in [0, 0.1) is 0 Å². The van der Waals surface area contributed by atoms with E-state index in [9.17, 15) is 9.90 Å². The molecule has 0 saturated heterocycles. The van der Waals surface area contributed by atoms with Gasteiger partial charge in [0.15, 0.2) is 11.5 Å². The topological polar surface area (TPSA) is 96.9 Å². The molecule has 0 aliphatic rings. The SMILES string of the molecule is C=CCOC[C@@H](O)CN(CC=C)Cc1nc2scc(-c3ccc(OC)c(OC)c3)c2c(=O)[nH]1. The van der Waals surface area contributed by atoms with Gasteiger partial charge in [-0.3, -0.25) is 9.69 Å². The molecule has 0 unspecified atom stereocenters. The zero-order chi connectivity index (χ0) is 23.8. The molecule has 1 atom stereocenters. The van der Waals surface area contributed by atoms with E-state index in [1.54, 1.807) is 26.4 Å². The number of nitrogens with one attached hydrogen (secondary N) is 1. The molecule has 2 heterocycles. The highest BCUT2D eigenvalue weighted by molar-refractivity contribution is 7.17. The number of hydrogen-bond acceptors (Lipinski definition) is 8. The van der Waals surface area contributed by atoms with Gasteiger partial charge in [-0.25, -0.2) is 4.98 Å². The van der Waals surface area contributed by atoms with Crippen LogP contribution in [0.3, 0.4) is 0 Å². The van der Waals surface area contributed by atoms with E-state index in [2.05, 4.69) is 23.1 Å². The van der Waals surface area contributed by atoms with Crippen LogP contribution in [0.5, 0.6) is 11.5 Å². The summed E-state index contributed by atoms with van der Waals surface area (Å²) in [6, 6.07) is 5.54. The Morgan fingerprint density at radius 3 is 2.73 bits per heavy atom. The zero-order valence-corrected chi connectivity index (χ0v) is 19.7. The van der Waals surface area contributed by atoms with Gasteiger partial charge in [-0.1, -0.05) is 18.2 Å². The normalized spacial score (nSPS) is 12.1. The quantitative estimate of drug-likeness (QED) is 0.292. The highest BCUT2D eigenvalue weighted by Gasteiger charge is 2.17. The first-order chi connectivity index (χ1) is 16.0. The van der Waals surface area contributed by atoms with E-state index in [0.29, 0.717) is 53.8 Å². The molecule has 8 nitrogen and oxygen atoms in total. The number of aromatic amines is 1. The maximum atomic E-state index is 13.0. The Labute approximate surface area is 196 Å². The van der Waals surface area contributed by atoms with Crippen molar-refractivity contribution in [3.8, 4) is 22.6 Å². The minimum Gasteiger partial charge on any atom is -0.493 e. The van der Waals surface area contributed by atoms with E-state index in [1.807, 2.05) is 28.5 Å². The first kappa shape index (κ1) is 24.7. The molecule has 2 N–H and O–H groups in total. The number of methoxy groups -OCH3 is 2. The summed E-state index contributed by atoms with van der Waals surface area (Å²) in [7, 11) is 3.15. The van der Waals surface area contributed by atoms with Crippen molar-refractivity contribution >= 4 is 21.6 Å². The summed E-state index contributed by atoms with van der Waals surface area (Å²) in [5.41, 5.74) is 1.42. The lowest BCUT2D eigenvalue weighted by Gasteiger charge is -2.23. The van der Waals surface area contributed by atoms with Gasteiger partial charge < -0.3 is 24.3 Å². The fourth-order valence-electron chi connectivity index (χ4n) is 3.52. The van der Waals surface area contributed by atoms with Gasteiger partial charge in [0.2, 0.25) is 0 Å². The van der Waals surface area contributed by atoms with Gasteiger partial charge in [0.1, 0.15) is 10.7 Å². The molecule has 1 aromatic carbocycles. The number of aliphatic hydroxyl groups is 1. The Bertz CT molecular complexity index is 1160. The Kier molecular flexibility index (Phi) is 8.79. The van der Waals surface area contributed by atoms with E-state index in [1.165, 1.54) is 11.3 Å². The lowest BCUT2D eigenvalue weighted by Crippen LogP contribution is -2.35. The first-order valence-electron chi connectivity index (χ1n) is 10.4. The van der Waals surface area contributed by atoms with Crippen LogP contribution in [0.2, 0.25) is 0 Å². The first-order valence-corrected chi connectivity index (χ1v) is 11.3. The predicted octanol–water partition coefficient (Wildman–Crippen LogP) is 3.22. The number of benzene rings is 1. The molecule has 3 rings (SSSR count). The highest BCUT2D eigenvalue weighted by Crippen LogP contribution is 2.36. The molecule has 0 amide bonds. The third kappa shape index (κ3) is 6.08. The van der Waals surface area contributed by atoms with Gasteiger partial charge in [0, 0.05) is 24.0 Å². The molecule has 176 valence electrons. The Morgan fingerprint density at radius 2 is 2.03 bits per heavy atom. The fourth-order valence-corrected chi connectivity index (χ4v) is 4.49. The predicted molar refractivity (Wildman–Crippen MR) is 131 cm³/mol. The molecule has 0 saturated carbocycles. The molecular weight excluding hydrogens is 442 g/mol. The summed E-state index contributed by atoms with van der Waals surface area (Å²) < 4.78 is 16.0. The van der Waals surface area contributed by atoms with Gasteiger partial charge in [-0.2, -0.15) is 0 Å². The number of rotatable bonds is 13. The summed E-state index contributed by atoms with van der Waals surface area (Å²) >= 11 is 1.41. The van der Waals surface area contributed by atoms with Crippen LogP contribution >= 0.6 is 11.3 Å². The van der Waals surface area contributed by atoms with Gasteiger partial charge in [-0.15, -0.1) is 24.5 Å². The average molecular weight is 472 g/mol. The minimum atomic E-state index is -0.682. The van der Waals surface area contributed by atoms with Crippen molar-refractivity contribution in [3.63, 3.8) is 0 Å². The van der Waals surface area contributed by atoms with Crippen molar-refractivity contribution < 1.29 is 19.3 Å². The smallest absolute Gasteiger partial charge is 0.260 e. The molecule has 0 spiro atoms. The van der Waals surface area contributed by atoms with Crippen molar-refractivity contribution in [2.24, 2.45) is 0 Å². The minimum absolute atomic E-state index is 0.197. The number of aliphatic hydroxyl groups excluding tert-OH is 1. The molecule has 0 aliphatic heterocycles. The van der Waals surface area contributed by atoms with Crippen LogP contribution in [-0.4, -0.2) is 66.6 Å². The molecule has 0 radical (unpaired) electrons. The number of H-pyrrole nitrogens is 1. The summed E-state index contributed by atoms with van der Waals surface area (Å²) in [6.45, 7) is 9.19. The number of ether oxygens (including phenoxy) is 3. The van der Waals surface area contributed by atoms with Crippen molar-refractivity contribution in [1.82, 2.24) is 14.9 Å². The maximum absolute atomic E-state index is 13.0. The van der Waals surface area contributed by atoms with E-state index in [-0.39, 0.29) is 12.2 Å². The summed E-state index contributed by atoms with van der Waals surface area (Å²) in [6.07, 6.45) is 2.70. The highest BCUT2D eigenvalue weighted by atomic mass is 32.1. The molecule has 2 aromatic heterocycles. The number of thiophene rings is 1. The number of hydrogen-bond donors (Lipinski definition) is 2. The fraction of sp³-hybridized carbons (Fsp3) is 0.333. The third-order valence-electron chi connectivity index (χ3n) is 4.96. The van der Waals surface area contributed by atoms with Crippen molar-refractivity contribution in [2.75, 3.05) is 40.5 Å². The zero-order valence-electron chi connectivity index (χ0n) is 18.9. The number of aromatic nitrogens is 2. The summed E-state index contributed by atoms with van der Waals surface area (Å²) in [5, 5.41) is 12.7. The Morgan fingerprint density at radius 1 is 1.24 bits per heavy atom. The molecule has 0 aliphatic carbocycles. The molecule has 33 heavy (non-hydrogen) atoms. The van der Waals surface area contributed by atoms with Gasteiger partial charge in [-0.05, 0) is 17.7 Å². The van der Waals surface area contributed by atoms with Crippen molar-refractivity contribution in [3.05, 3.63) is 65.1 Å². The lowest BCUT2D eigenvalue weighted by atomic mass is 10.1. The monoisotopic (exact) mass is 471 g/mol. The lowest BCUT2D eigenvalue weighted by molar-refractivity contribution is 0.0265. The van der Waals surface area contributed by atoms with E-state index < -0.39 is 6.10 Å². The van der Waals surface area contributed by atoms with E-state index in [4.69, 9.17) is 14.2 Å². The van der Waals surface area contributed by atoms with Crippen LogP contribution in [0.4, 0.5) is 0 Å². The Hall–Kier alpha value is -2.98. The Balaban J connectivity index is 1.84.